The van der Waals surface area contributed by atoms with E-state index in [0.29, 0.717) is 11.4 Å². The summed E-state index contributed by atoms with van der Waals surface area (Å²) >= 11 is 0. The molecule has 19 heavy (non-hydrogen) atoms. The Morgan fingerprint density at radius 1 is 1.47 bits per heavy atom. The van der Waals surface area contributed by atoms with E-state index in [1.165, 1.54) is 13.2 Å². The number of imidazole rings is 1. The first-order valence-corrected chi connectivity index (χ1v) is 5.69. The van der Waals surface area contributed by atoms with E-state index in [1.54, 1.807) is 29.7 Å². The van der Waals surface area contributed by atoms with E-state index in [-0.39, 0.29) is 23.9 Å². The highest BCUT2D eigenvalue weighted by Crippen LogP contribution is 2.18. The van der Waals surface area contributed by atoms with Crippen molar-refractivity contribution in [2.24, 2.45) is 0 Å². The fraction of sp³-hybridized carbons (Fsp3) is 0.231. The van der Waals surface area contributed by atoms with Crippen LogP contribution in [0.5, 0.6) is 0 Å². The molecule has 1 aromatic heterocycles. The molecule has 2 aromatic rings. The Labute approximate surface area is 109 Å². The van der Waals surface area contributed by atoms with Crippen LogP contribution in [0.2, 0.25) is 0 Å². The molecule has 0 bridgehead atoms. The number of hydrogen-bond donors (Lipinski definition) is 1. The van der Waals surface area contributed by atoms with E-state index in [4.69, 9.17) is 5.73 Å². The maximum absolute atomic E-state index is 13.6. The van der Waals surface area contributed by atoms with Gasteiger partial charge in [-0.1, -0.05) is 18.2 Å². The molecule has 5 nitrogen and oxygen atoms in total. The number of rotatable bonds is 3. The summed E-state index contributed by atoms with van der Waals surface area (Å²) < 4.78 is 19.8. The molecule has 6 heteroatoms. The monoisotopic (exact) mass is 263 g/mol. The molecule has 0 spiro atoms. The number of carbonyl (C=O) groups excluding carboxylic acids is 1. The van der Waals surface area contributed by atoms with Gasteiger partial charge in [0.15, 0.2) is 5.69 Å². The molecule has 0 radical (unpaired) electrons. The molecule has 100 valence electrons. The van der Waals surface area contributed by atoms with Crippen molar-refractivity contribution in [1.82, 2.24) is 9.55 Å². The SMILES string of the molecule is COC(=O)c1nc(C)n(Cc2ccccc2F)c1N. The third kappa shape index (κ3) is 2.42. The standard InChI is InChI=1S/C13H14FN3O2/c1-8-16-11(13(18)19-2)12(15)17(8)7-9-5-3-4-6-10(9)14/h3-6H,7,15H2,1-2H3. The van der Waals surface area contributed by atoms with Gasteiger partial charge in [-0.3, -0.25) is 0 Å². The first-order valence-electron chi connectivity index (χ1n) is 5.69. The molecule has 0 saturated heterocycles. The van der Waals surface area contributed by atoms with E-state index in [0.717, 1.165) is 0 Å². The number of esters is 1. The van der Waals surface area contributed by atoms with Gasteiger partial charge in [0, 0.05) is 5.56 Å². The quantitative estimate of drug-likeness (QED) is 0.856. The van der Waals surface area contributed by atoms with Gasteiger partial charge in [-0.2, -0.15) is 0 Å². The summed E-state index contributed by atoms with van der Waals surface area (Å²) in [5.74, 6) is -0.226. The molecule has 0 aliphatic carbocycles. The molecule has 0 aliphatic rings. The van der Waals surface area contributed by atoms with Gasteiger partial charge < -0.3 is 15.0 Å². The molecular formula is C13H14FN3O2. The average Bonchev–Trinajstić information content (AvgIpc) is 2.68. The van der Waals surface area contributed by atoms with Gasteiger partial charge in [-0.05, 0) is 13.0 Å². The van der Waals surface area contributed by atoms with Gasteiger partial charge in [0.05, 0.1) is 13.7 Å². The van der Waals surface area contributed by atoms with Crippen molar-refractivity contribution in [2.45, 2.75) is 13.5 Å². The van der Waals surface area contributed by atoms with Crippen LogP contribution < -0.4 is 5.73 Å². The Kier molecular flexibility index (Phi) is 3.50. The number of benzene rings is 1. The molecule has 2 rings (SSSR count). The number of carbonyl (C=O) groups is 1. The van der Waals surface area contributed by atoms with Gasteiger partial charge in [0.1, 0.15) is 17.5 Å². The molecule has 0 aliphatic heterocycles. The minimum Gasteiger partial charge on any atom is -0.464 e. The van der Waals surface area contributed by atoms with E-state index in [2.05, 4.69) is 9.72 Å². The van der Waals surface area contributed by atoms with Crippen molar-refractivity contribution < 1.29 is 13.9 Å². The van der Waals surface area contributed by atoms with Crippen LogP contribution >= 0.6 is 0 Å². The number of nitrogens with zero attached hydrogens (tertiary/aromatic N) is 2. The second-order valence-electron chi connectivity index (χ2n) is 4.06. The van der Waals surface area contributed by atoms with Crippen molar-refractivity contribution in [3.8, 4) is 0 Å². The summed E-state index contributed by atoms with van der Waals surface area (Å²) in [6, 6.07) is 6.38. The molecule has 0 amide bonds. The first kappa shape index (κ1) is 13.1. The number of nitrogens with two attached hydrogens (primary N) is 1. The number of ether oxygens (including phenoxy) is 1. The Bertz CT molecular complexity index is 622. The zero-order valence-corrected chi connectivity index (χ0v) is 10.7. The number of anilines is 1. The maximum atomic E-state index is 13.6. The van der Waals surface area contributed by atoms with Gasteiger partial charge in [0.2, 0.25) is 0 Å². The lowest BCUT2D eigenvalue weighted by atomic mass is 10.2. The lowest BCUT2D eigenvalue weighted by Gasteiger charge is -2.08. The van der Waals surface area contributed by atoms with Gasteiger partial charge >= 0.3 is 5.97 Å². The summed E-state index contributed by atoms with van der Waals surface area (Å²) in [4.78, 5) is 15.5. The Morgan fingerprint density at radius 2 is 2.16 bits per heavy atom. The molecular weight excluding hydrogens is 249 g/mol. The fourth-order valence-electron chi connectivity index (χ4n) is 1.83. The number of methoxy groups -OCH3 is 1. The van der Waals surface area contributed by atoms with E-state index in [1.807, 2.05) is 0 Å². The average molecular weight is 263 g/mol. The predicted octanol–water partition coefficient (Wildman–Crippen LogP) is 1.75. The summed E-state index contributed by atoms with van der Waals surface area (Å²) in [5, 5.41) is 0. The van der Waals surface area contributed by atoms with Crippen LogP contribution in [0.15, 0.2) is 24.3 Å². The number of aromatic nitrogens is 2. The predicted molar refractivity (Wildman–Crippen MR) is 68.2 cm³/mol. The van der Waals surface area contributed by atoms with Crippen LogP contribution in [-0.4, -0.2) is 22.6 Å². The largest absolute Gasteiger partial charge is 0.464 e. The zero-order chi connectivity index (χ0) is 14.0. The van der Waals surface area contributed by atoms with E-state index in [9.17, 15) is 9.18 Å². The lowest BCUT2D eigenvalue weighted by molar-refractivity contribution is 0.0595. The molecule has 0 unspecified atom stereocenters. The van der Waals surface area contributed by atoms with E-state index < -0.39 is 5.97 Å². The van der Waals surface area contributed by atoms with Crippen LogP contribution in [0.3, 0.4) is 0 Å². The van der Waals surface area contributed by atoms with Crippen LogP contribution in [-0.2, 0) is 11.3 Å². The van der Waals surface area contributed by atoms with Crippen molar-refractivity contribution in [2.75, 3.05) is 12.8 Å². The molecule has 2 N–H and O–H groups in total. The molecule has 0 saturated carbocycles. The third-order valence-corrected chi connectivity index (χ3v) is 2.86. The highest BCUT2D eigenvalue weighted by atomic mass is 19.1. The van der Waals surface area contributed by atoms with Gasteiger partial charge in [0.25, 0.3) is 0 Å². The van der Waals surface area contributed by atoms with Crippen molar-refractivity contribution in [1.29, 1.82) is 0 Å². The van der Waals surface area contributed by atoms with Crippen LogP contribution in [0, 0.1) is 12.7 Å². The minimum atomic E-state index is -0.604. The maximum Gasteiger partial charge on any atom is 0.360 e. The zero-order valence-electron chi connectivity index (χ0n) is 10.7. The molecule has 1 aromatic carbocycles. The van der Waals surface area contributed by atoms with Crippen LogP contribution in [0.4, 0.5) is 10.2 Å². The van der Waals surface area contributed by atoms with Crippen LogP contribution in [0.25, 0.3) is 0 Å². The normalized spacial score (nSPS) is 10.5. The number of halogens is 1. The summed E-state index contributed by atoms with van der Waals surface area (Å²) in [6.45, 7) is 1.91. The van der Waals surface area contributed by atoms with Gasteiger partial charge in [-0.15, -0.1) is 0 Å². The summed E-state index contributed by atoms with van der Waals surface area (Å²) in [7, 11) is 1.26. The van der Waals surface area contributed by atoms with Gasteiger partial charge in [-0.25, -0.2) is 14.2 Å². The summed E-state index contributed by atoms with van der Waals surface area (Å²) in [5.41, 5.74) is 6.39. The topological polar surface area (TPSA) is 70.1 Å². The van der Waals surface area contributed by atoms with E-state index >= 15 is 0 Å². The van der Waals surface area contributed by atoms with Crippen LogP contribution in [0.1, 0.15) is 21.9 Å². The third-order valence-electron chi connectivity index (χ3n) is 2.86. The Balaban J connectivity index is 2.39. The highest BCUT2D eigenvalue weighted by molar-refractivity contribution is 5.92. The number of aryl methyl sites for hydroxylation is 1. The second-order valence-corrected chi connectivity index (χ2v) is 4.06. The van der Waals surface area contributed by atoms with Crippen molar-refractivity contribution in [3.05, 3.63) is 47.2 Å². The first-order chi connectivity index (χ1) is 9.04. The Morgan fingerprint density at radius 3 is 2.79 bits per heavy atom. The van der Waals surface area contributed by atoms with Crippen molar-refractivity contribution >= 4 is 11.8 Å². The Hall–Kier alpha value is -2.37. The molecule has 0 fully saturated rings. The number of nitrogen functional groups attached to an aromatic ring is 1. The summed E-state index contributed by atoms with van der Waals surface area (Å²) in [6.07, 6.45) is 0. The number of hydrogen-bond acceptors (Lipinski definition) is 4. The highest BCUT2D eigenvalue weighted by Gasteiger charge is 2.19. The second kappa shape index (κ2) is 5.09. The molecule has 0 atom stereocenters. The van der Waals surface area contributed by atoms with Crippen molar-refractivity contribution in [3.63, 3.8) is 0 Å². The smallest absolute Gasteiger partial charge is 0.360 e. The molecule has 1 heterocycles. The minimum absolute atomic E-state index is 0.0522. The fourth-order valence-corrected chi connectivity index (χ4v) is 1.83. The lowest BCUT2D eigenvalue weighted by Crippen LogP contribution is -2.10.